The van der Waals surface area contributed by atoms with E-state index in [1.807, 2.05) is 12.5 Å². The third kappa shape index (κ3) is 2.04. The van der Waals surface area contributed by atoms with Gasteiger partial charge in [-0.1, -0.05) is 11.8 Å². The molecule has 1 heterocycles. The molecule has 4 heteroatoms. The van der Waals surface area contributed by atoms with Gasteiger partial charge in [-0.25, -0.2) is 4.98 Å². The van der Waals surface area contributed by atoms with Crippen LogP contribution >= 0.6 is 35.7 Å². The highest BCUT2D eigenvalue weighted by atomic mass is 127. The summed E-state index contributed by atoms with van der Waals surface area (Å²) < 4.78 is 0. The van der Waals surface area contributed by atoms with E-state index in [0.29, 0.717) is 0 Å². The van der Waals surface area contributed by atoms with Crippen molar-refractivity contribution in [2.75, 3.05) is 6.26 Å². The van der Waals surface area contributed by atoms with Crippen molar-refractivity contribution in [3.05, 3.63) is 12.4 Å². The summed E-state index contributed by atoms with van der Waals surface area (Å²) in [6.45, 7) is 0. The van der Waals surface area contributed by atoms with Crippen molar-refractivity contribution < 1.29 is 0 Å². The summed E-state index contributed by atoms with van der Waals surface area (Å²) in [5.74, 6) is 0. The zero-order valence-corrected chi connectivity index (χ0v) is 7.57. The molecule has 0 saturated carbocycles. The second-order valence-electron chi connectivity index (χ2n) is 1.10. The molecule has 0 aliphatic carbocycles. The number of imidazole rings is 1. The maximum atomic E-state index is 3.94. The van der Waals surface area contributed by atoms with E-state index in [4.69, 9.17) is 0 Å². The number of rotatable bonds is 1. The smallest absolute Gasteiger partial charge is 0.164 e. The average Bonchev–Trinajstić information content (AvgIpc) is 2.14. The van der Waals surface area contributed by atoms with Crippen LogP contribution in [0.1, 0.15) is 0 Å². The molecule has 0 aliphatic heterocycles. The maximum Gasteiger partial charge on any atom is 0.164 e. The Kier molecular flexibility index (Phi) is 4.35. The van der Waals surface area contributed by atoms with Crippen molar-refractivity contribution in [3.63, 3.8) is 0 Å². The van der Waals surface area contributed by atoms with Gasteiger partial charge in [0.15, 0.2) is 5.16 Å². The molecule has 0 spiro atoms. The minimum Gasteiger partial charge on any atom is -0.340 e. The number of thioether (sulfide) groups is 1. The first kappa shape index (κ1) is 8.29. The second kappa shape index (κ2) is 4.20. The standard InChI is InChI=1S/C4H6N2S.HI/c1-7-4-5-2-3-6-4;/h2-3H,1H3,(H,5,6);1H. The van der Waals surface area contributed by atoms with Crippen molar-refractivity contribution in [2.45, 2.75) is 5.16 Å². The summed E-state index contributed by atoms with van der Waals surface area (Å²) in [5, 5.41) is 0.972. The minimum absolute atomic E-state index is 0. The normalized spacial score (nSPS) is 8.12. The Morgan fingerprint density at radius 3 is 2.75 bits per heavy atom. The molecule has 0 atom stereocenters. The summed E-state index contributed by atoms with van der Waals surface area (Å²) in [7, 11) is 0. The van der Waals surface area contributed by atoms with Crippen LogP contribution in [0.3, 0.4) is 0 Å². The van der Waals surface area contributed by atoms with Crippen LogP contribution in [0.2, 0.25) is 0 Å². The minimum atomic E-state index is 0. The molecule has 0 aromatic carbocycles. The van der Waals surface area contributed by atoms with Gasteiger partial charge >= 0.3 is 0 Å². The van der Waals surface area contributed by atoms with Crippen LogP contribution in [-0.4, -0.2) is 16.2 Å². The number of H-pyrrole nitrogens is 1. The number of hydrogen-bond acceptors (Lipinski definition) is 2. The quantitative estimate of drug-likeness (QED) is 0.600. The molecule has 0 radical (unpaired) electrons. The second-order valence-corrected chi connectivity index (χ2v) is 1.89. The van der Waals surface area contributed by atoms with Crippen LogP contribution in [0, 0.1) is 0 Å². The molecule has 1 rings (SSSR count). The Bertz CT molecular complexity index is 129. The monoisotopic (exact) mass is 242 g/mol. The van der Waals surface area contributed by atoms with E-state index >= 15 is 0 Å². The molecule has 0 fully saturated rings. The molecule has 1 N–H and O–H groups in total. The van der Waals surface area contributed by atoms with Crippen molar-refractivity contribution in [1.82, 2.24) is 9.97 Å². The van der Waals surface area contributed by atoms with Gasteiger partial charge in [0.25, 0.3) is 0 Å². The van der Waals surface area contributed by atoms with Crippen LogP contribution in [0.4, 0.5) is 0 Å². The zero-order valence-electron chi connectivity index (χ0n) is 4.42. The van der Waals surface area contributed by atoms with E-state index in [1.54, 1.807) is 18.0 Å². The first-order valence-corrected chi connectivity index (χ1v) is 3.19. The van der Waals surface area contributed by atoms with Crippen LogP contribution in [0.15, 0.2) is 17.6 Å². The third-order valence-electron chi connectivity index (χ3n) is 0.666. The van der Waals surface area contributed by atoms with Gasteiger partial charge in [0.1, 0.15) is 0 Å². The summed E-state index contributed by atoms with van der Waals surface area (Å²) in [4.78, 5) is 6.88. The molecule has 0 aliphatic rings. The lowest BCUT2D eigenvalue weighted by molar-refractivity contribution is 1.06. The van der Waals surface area contributed by atoms with Crippen LogP contribution in [0.5, 0.6) is 0 Å². The van der Waals surface area contributed by atoms with Crippen LogP contribution in [-0.2, 0) is 0 Å². The van der Waals surface area contributed by atoms with E-state index in [2.05, 4.69) is 9.97 Å². The highest BCUT2D eigenvalue weighted by Crippen LogP contribution is 2.03. The first-order valence-electron chi connectivity index (χ1n) is 1.97. The molecular formula is C4H7IN2S. The van der Waals surface area contributed by atoms with Gasteiger partial charge in [0, 0.05) is 12.4 Å². The van der Waals surface area contributed by atoms with Crippen LogP contribution in [0.25, 0.3) is 0 Å². The summed E-state index contributed by atoms with van der Waals surface area (Å²) >= 11 is 1.61. The Labute approximate surface area is 69.5 Å². The zero-order chi connectivity index (χ0) is 5.11. The number of nitrogens with one attached hydrogen (secondary N) is 1. The van der Waals surface area contributed by atoms with Gasteiger partial charge in [-0.2, -0.15) is 0 Å². The van der Waals surface area contributed by atoms with E-state index < -0.39 is 0 Å². The lowest BCUT2D eigenvalue weighted by Gasteiger charge is -1.79. The molecule has 0 saturated heterocycles. The largest absolute Gasteiger partial charge is 0.340 e. The predicted octanol–water partition coefficient (Wildman–Crippen LogP) is 1.75. The molecule has 0 unspecified atom stereocenters. The molecular weight excluding hydrogens is 235 g/mol. The van der Waals surface area contributed by atoms with Gasteiger partial charge in [0.2, 0.25) is 0 Å². The van der Waals surface area contributed by atoms with E-state index in [0.717, 1.165) is 5.16 Å². The van der Waals surface area contributed by atoms with Gasteiger partial charge in [0.05, 0.1) is 0 Å². The third-order valence-corrected chi connectivity index (χ3v) is 1.28. The Morgan fingerprint density at radius 1 is 1.75 bits per heavy atom. The summed E-state index contributed by atoms with van der Waals surface area (Å²) in [6, 6.07) is 0. The lowest BCUT2D eigenvalue weighted by Crippen LogP contribution is -1.66. The Morgan fingerprint density at radius 2 is 2.50 bits per heavy atom. The lowest BCUT2D eigenvalue weighted by atomic mass is 11.0. The number of nitrogens with zero attached hydrogens (tertiary/aromatic N) is 1. The molecule has 1 aromatic rings. The molecule has 8 heavy (non-hydrogen) atoms. The van der Waals surface area contributed by atoms with Gasteiger partial charge in [-0.05, 0) is 6.26 Å². The summed E-state index contributed by atoms with van der Waals surface area (Å²) in [6.07, 6.45) is 5.54. The van der Waals surface area contributed by atoms with E-state index in [9.17, 15) is 0 Å². The summed E-state index contributed by atoms with van der Waals surface area (Å²) in [5.41, 5.74) is 0. The first-order chi connectivity index (χ1) is 3.43. The molecule has 46 valence electrons. The fourth-order valence-electron chi connectivity index (χ4n) is 0.362. The topological polar surface area (TPSA) is 28.7 Å². The molecule has 1 aromatic heterocycles. The Balaban J connectivity index is 0.000000490. The number of aromatic amines is 1. The fraction of sp³-hybridized carbons (Fsp3) is 0.250. The van der Waals surface area contributed by atoms with Gasteiger partial charge in [-0.15, -0.1) is 24.0 Å². The number of halogens is 1. The van der Waals surface area contributed by atoms with E-state index in [-0.39, 0.29) is 24.0 Å². The molecule has 2 nitrogen and oxygen atoms in total. The van der Waals surface area contributed by atoms with Crippen molar-refractivity contribution in [1.29, 1.82) is 0 Å². The van der Waals surface area contributed by atoms with Gasteiger partial charge in [-0.3, -0.25) is 0 Å². The highest BCUT2D eigenvalue weighted by molar-refractivity contribution is 14.0. The van der Waals surface area contributed by atoms with Crippen molar-refractivity contribution in [2.24, 2.45) is 0 Å². The maximum absolute atomic E-state index is 3.94. The molecule has 0 bridgehead atoms. The highest BCUT2D eigenvalue weighted by Gasteiger charge is 1.83. The fourth-order valence-corrected chi connectivity index (χ4v) is 0.715. The van der Waals surface area contributed by atoms with Crippen molar-refractivity contribution >= 4 is 35.7 Å². The SMILES string of the molecule is CSc1ncc[nH]1.I. The number of hydrogen-bond donors (Lipinski definition) is 1. The van der Waals surface area contributed by atoms with Crippen LogP contribution < -0.4 is 0 Å². The number of aromatic nitrogens is 2. The van der Waals surface area contributed by atoms with E-state index in [1.165, 1.54) is 0 Å². The average molecular weight is 242 g/mol. The van der Waals surface area contributed by atoms with Crippen molar-refractivity contribution in [3.8, 4) is 0 Å². The molecule has 0 amide bonds. The van der Waals surface area contributed by atoms with Gasteiger partial charge < -0.3 is 4.98 Å². The Hall–Kier alpha value is 0.290. The predicted molar refractivity (Wildman–Crippen MR) is 45.8 cm³/mol.